The summed E-state index contributed by atoms with van der Waals surface area (Å²) in [5.74, 6) is -0.921. The third-order valence-corrected chi connectivity index (χ3v) is 2.26. The molecule has 0 bridgehead atoms. The van der Waals surface area contributed by atoms with Crippen LogP contribution in [-0.4, -0.2) is 58.0 Å². The lowest BCUT2D eigenvalue weighted by atomic mass is 9.98. The van der Waals surface area contributed by atoms with Gasteiger partial charge in [-0.3, -0.25) is 4.79 Å². The minimum Gasteiger partial charge on any atom is -0.387 e. The van der Waals surface area contributed by atoms with Crippen molar-refractivity contribution in [3.8, 4) is 0 Å². The zero-order valence-corrected chi connectivity index (χ0v) is 9.11. The van der Waals surface area contributed by atoms with Gasteiger partial charge in [-0.25, -0.2) is 0 Å². The smallest absolute Gasteiger partial charge is 0.249 e. The molecule has 0 radical (unpaired) electrons. The number of ether oxygens (including phenoxy) is 2. The molecule has 7 nitrogen and oxygen atoms in total. The molecule has 1 rings (SSSR count). The highest BCUT2D eigenvalue weighted by Gasteiger charge is 2.46. The fourth-order valence-electron chi connectivity index (χ4n) is 1.46. The molecule has 0 aliphatic carbocycles. The van der Waals surface area contributed by atoms with E-state index in [1.165, 1.54) is 0 Å². The number of aliphatic hydroxyl groups excluding tert-OH is 3. The summed E-state index contributed by atoms with van der Waals surface area (Å²) >= 11 is 0. The summed E-state index contributed by atoms with van der Waals surface area (Å²) < 4.78 is 10.1. The number of rotatable bonds is 3. The molecule has 7 heteroatoms. The molecule has 1 heterocycles. The van der Waals surface area contributed by atoms with E-state index in [1.807, 2.05) is 0 Å². The van der Waals surface area contributed by atoms with Gasteiger partial charge in [0.05, 0.1) is 6.10 Å². The van der Waals surface area contributed by atoms with Gasteiger partial charge >= 0.3 is 0 Å². The van der Waals surface area contributed by atoms with Crippen molar-refractivity contribution < 1.29 is 29.6 Å². The second-order valence-electron chi connectivity index (χ2n) is 3.98. The van der Waals surface area contributed by atoms with Crippen LogP contribution in [-0.2, 0) is 14.3 Å². The third kappa shape index (κ3) is 2.69. The van der Waals surface area contributed by atoms with Crippen molar-refractivity contribution in [3.63, 3.8) is 0 Å². The maximum absolute atomic E-state index is 10.9. The van der Waals surface area contributed by atoms with Crippen molar-refractivity contribution in [1.29, 1.82) is 0 Å². The van der Waals surface area contributed by atoms with Crippen molar-refractivity contribution in [2.45, 2.75) is 50.7 Å². The lowest BCUT2D eigenvalue weighted by Gasteiger charge is -2.39. The van der Waals surface area contributed by atoms with Crippen molar-refractivity contribution >= 4 is 5.91 Å². The van der Waals surface area contributed by atoms with Crippen LogP contribution in [0.3, 0.4) is 0 Å². The van der Waals surface area contributed by atoms with E-state index >= 15 is 0 Å². The first kappa shape index (κ1) is 13.3. The third-order valence-electron chi connectivity index (χ3n) is 2.26. The molecule has 1 fully saturated rings. The Morgan fingerprint density at radius 3 is 2.25 bits per heavy atom. The van der Waals surface area contributed by atoms with Gasteiger partial charge in [-0.05, 0) is 13.8 Å². The minimum absolute atomic E-state index is 0.268. The Balaban J connectivity index is 2.77. The summed E-state index contributed by atoms with van der Waals surface area (Å²) in [5.41, 5.74) is 4.99. The van der Waals surface area contributed by atoms with Gasteiger partial charge in [0.15, 0.2) is 12.4 Å². The predicted octanol–water partition coefficient (Wildman–Crippen LogP) is -2.30. The molecule has 1 aliphatic heterocycles. The molecule has 0 saturated carbocycles. The number of aliphatic hydroxyl groups is 3. The van der Waals surface area contributed by atoms with E-state index < -0.39 is 36.6 Å². The second-order valence-corrected chi connectivity index (χ2v) is 3.98. The van der Waals surface area contributed by atoms with Crippen LogP contribution in [0.5, 0.6) is 0 Å². The SMILES string of the molecule is CC(C)O[C@H]1OC(C(N)=O)[C@@H](O)C(O)[C@@H]1O. The molecule has 0 aromatic carbocycles. The van der Waals surface area contributed by atoms with E-state index in [4.69, 9.17) is 15.2 Å². The highest BCUT2D eigenvalue weighted by atomic mass is 16.7. The number of primary amides is 1. The van der Waals surface area contributed by atoms with Gasteiger partial charge in [-0.15, -0.1) is 0 Å². The molecule has 0 aromatic heterocycles. The number of carbonyl (C=O) groups is 1. The Morgan fingerprint density at radius 2 is 1.81 bits per heavy atom. The average molecular weight is 235 g/mol. The average Bonchev–Trinajstić information content (AvgIpc) is 2.18. The van der Waals surface area contributed by atoms with Gasteiger partial charge in [0.2, 0.25) is 5.91 Å². The molecule has 0 aromatic rings. The Kier molecular flexibility index (Phi) is 4.22. The van der Waals surface area contributed by atoms with Crippen molar-refractivity contribution in [2.24, 2.45) is 5.73 Å². The van der Waals surface area contributed by atoms with Gasteiger partial charge < -0.3 is 30.5 Å². The lowest BCUT2D eigenvalue weighted by Crippen LogP contribution is -2.61. The summed E-state index contributed by atoms with van der Waals surface area (Å²) in [5, 5.41) is 28.5. The van der Waals surface area contributed by atoms with Crippen LogP contribution in [0.25, 0.3) is 0 Å². The van der Waals surface area contributed by atoms with Crippen molar-refractivity contribution in [1.82, 2.24) is 0 Å². The highest BCUT2D eigenvalue weighted by molar-refractivity contribution is 5.79. The van der Waals surface area contributed by atoms with Crippen molar-refractivity contribution in [2.75, 3.05) is 0 Å². The summed E-state index contributed by atoms with van der Waals surface area (Å²) in [6.45, 7) is 3.40. The molecular formula is C9H17NO6. The first-order valence-corrected chi connectivity index (χ1v) is 4.99. The number of nitrogens with two attached hydrogens (primary N) is 1. The normalized spacial score (nSPS) is 40.0. The first-order chi connectivity index (χ1) is 7.34. The van der Waals surface area contributed by atoms with E-state index in [1.54, 1.807) is 13.8 Å². The molecule has 5 atom stereocenters. The van der Waals surface area contributed by atoms with Crippen LogP contribution in [0, 0.1) is 0 Å². The minimum atomic E-state index is -1.56. The van der Waals surface area contributed by atoms with Crippen LogP contribution in [0.2, 0.25) is 0 Å². The summed E-state index contributed by atoms with van der Waals surface area (Å²) in [4.78, 5) is 10.9. The fourth-order valence-corrected chi connectivity index (χ4v) is 1.46. The molecule has 2 unspecified atom stereocenters. The number of amides is 1. The molecule has 94 valence electrons. The molecular weight excluding hydrogens is 218 g/mol. The molecule has 5 N–H and O–H groups in total. The molecule has 1 saturated heterocycles. The maximum Gasteiger partial charge on any atom is 0.249 e. The Labute approximate surface area is 92.8 Å². The zero-order chi connectivity index (χ0) is 12.5. The second kappa shape index (κ2) is 5.07. The standard InChI is InChI=1S/C9H17NO6/c1-3(2)15-9-6(13)4(11)5(12)7(16-9)8(10)14/h3-7,9,11-13H,1-2H3,(H2,10,14)/t4?,5-,6-,7?,9-/m0/s1. The van der Waals surface area contributed by atoms with E-state index in [9.17, 15) is 20.1 Å². The molecule has 1 aliphatic rings. The monoisotopic (exact) mass is 235 g/mol. The maximum atomic E-state index is 10.9. The Bertz CT molecular complexity index is 258. The van der Waals surface area contributed by atoms with Gasteiger partial charge in [0.25, 0.3) is 0 Å². The van der Waals surface area contributed by atoms with E-state index in [0.717, 1.165) is 0 Å². The van der Waals surface area contributed by atoms with Crippen LogP contribution in [0.4, 0.5) is 0 Å². The summed E-state index contributed by atoms with van der Waals surface area (Å²) in [6, 6.07) is 0. The van der Waals surface area contributed by atoms with Gasteiger partial charge in [0, 0.05) is 0 Å². The van der Waals surface area contributed by atoms with Crippen LogP contribution >= 0.6 is 0 Å². The number of hydrogen-bond acceptors (Lipinski definition) is 6. The van der Waals surface area contributed by atoms with E-state index in [2.05, 4.69) is 0 Å². The van der Waals surface area contributed by atoms with Crippen LogP contribution < -0.4 is 5.73 Å². The predicted molar refractivity (Wildman–Crippen MR) is 52.1 cm³/mol. The molecule has 16 heavy (non-hydrogen) atoms. The lowest BCUT2D eigenvalue weighted by molar-refractivity contribution is -0.297. The van der Waals surface area contributed by atoms with Crippen LogP contribution in [0.15, 0.2) is 0 Å². The Morgan fingerprint density at radius 1 is 1.25 bits per heavy atom. The highest BCUT2D eigenvalue weighted by Crippen LogP contribution is 2.22. The van der Waals surface area contributed by atoms with E-state index in [-0.39, 0.29) is 6.10 Å². The Hall–Kier alpha value is -0.730. The largest absolute Gasteiger partial charge is 0.387 e. The number of hydrogen-bond donors (Lipinski definition) is 4. The summed E-state index contributed by atoms with van der Waals surface area (Å²) in [6.07, 6.45) is -7.35. The van der Waals surface area contributed by atoms with Crippen molar-refractivity contribution in [3.05, 3.63) is 0 Å². The summed E-state index contributed by atoms with van der Waals surface area (Å²) in [7, 11) is 0. The van der Waals surface area contributed by atoms with E-state index in [0.29, 0.717) is 0 Å². The van der Waals surface area contributed by atoms with Gasteiger partial charge in [0.1, 0.15) is 18.3 Å². The topological polar surface area (TPSA) is 122 Å². The fraction of sp³-hybridized carbons (Fsp3) is 0.889. The quantitative estimate of drug-likeness (QED) is 0.436. The number of carbonyl (C=O) groups excluding carboxylic acids is 1. The van der Waals surface area contributed by atoms with Gasteiger partial charge in [-0.1, -0.05) is 0 Å². The first-order valence-electron chi connectivity index (χ1n) is 4.99. The zero-order valence-electron chi connectivity index (χ0n) is 9.11. The van der Waals surface area contributed by atoms with Crippen LogP contribution in [0.1, 0.15) is 13.8 Å². The molecule has 1 amide bonds. The molecule has 0 spiro atoms. The van der Waals surface area contributed by atoms with Gasteiger partial charge in [-0.2, -0.15) is 0 Å².